The van der Waals surface area contributed by atoms with Gasteiger partial charge in [-0.15, -0.1) is 0 Å². The average Bonchev–Trinajstić information content (AvgIpc) is 3.28. The summed E-state index contributed by atoms with van der Waals surface area (Å²) in [6, 6.07) is 20.5. The van der Waals surface area contributed by atoms with Gasteiger partial charge in [0.05, 0.1) is 13.2 Å². The van der Waals surface area contributed by atoms with E-state index in [4.69, 9.17) is 4.74 Å². The number of nitrogens with zero attached hydrogens (tertiary/aromatic N) is 2. The van der Waals surface area contributed by atoms with Crippen molar-refractivity contribution in [3.63, 3.8) is 0 Å². The number of benzene rings is 3. The Labute approximate surface area is 222 Å². The Bertz CT molecular complexity index is 1450. The van der Waals surface area contributed by atoms with Crippen molar-refractivity contribution in [3.8, 4) is 11.1 Å². The Kier molecular flexibility index (Phi) is 7.70. The molecule has 1 saturated heterocycles. The zero-order valence-corrected chi connectivity index (χ0v) is 22.0. The maximum atomic E-state index is 13.6. The molecular weight excluding hydrogens is 479 g/mol. The second-order valence-electron chi connectivity index (χ2n) is 10.1. The summed E-state index contributed by atoms with van der Waals surface area (Å²) >= 11 is 0. The summed E-state index contributed by atoms with van der Waals surface area (Å²) in [5.74, 6) is 0.106. The van der Waals surface area contributed by atoms with Gasteiger partial charge in [0, 0.05) is 54.8 Å². The Morgan fingerprint density at radius 3 is 2.45 bits per heavy atom. The van der Waals surface area contributed by atoms with Crippen molar-refractivity contribution in [3.05, 3.63) is 95.4 Å². The summed E-state index contributed by atoms with van der Waals surface area (Å²) in [7, 11) is 1.96. The lowest BCUT2D eigenvalue weighted by atomic mass is 9.93. The van der Waals surface area contributed by atoms with Gasteiger partial charge in [-0.1, -0.05) is 37.3 Å². The number of aryl methyl sites for hydroxylation is 1. The van der Waals surface area contributed by atoms with Crippen molar-refractivity contribution in [1.82, 2.24) is 9.47 Å². The Hall–Kier alpha value is -3.77. The van der Waals surface area contributed by atoms with Crippen LogP contribution in [0.2, 0.25) is 0 Å². The van der Waals surface area contributed by atoms with Crippen molar-refractivity contribution < 1.29 is 18.7 Å². The molecule has 0 unspecified atom stereocenters. The van der Waals surface area contributed by atoms with Gasteiger partial charge in [-0.05, 0) is 71.8 Å². The van der Waals surface area contributed by atoms with Gasteiger partial charge >= 0.3 is 0 Å². The molecule has 0 N–H and O–H groups in total. The fraction of sp³-hybridized carbons (Fsp3) is 0.312. The lowest BCUT2D eigenvalue weighted by Gasteiger charge is -2.26. The molecule has 4 aromatic rings. The minimum atomic E-state index is -0.227. The molecule has 0 spiro atoms. The van der Waals surface area contributed by atoms with E-state index in [0.717, 1.165) is 46.0 Å². The summed E-state index contributed by atoms with van der Waals surface area (Å²) in [5.41, 5.74) is 5.36. The van der Waals surface area contributed by atoms with Crippen LogP contribution in [0.3, 0.4) is 0 Å². The standard InChI is InChI=1S/C32H33FN2O3/c1-22(25-6-4-7-27(33)19-25)5-3-8-31(36)29-21-34(2)30-14-13-26(20-28(29)30)23-9-11-24(12-10-23)32(37)35-15-17-38-18-16-35/h4,6-7,9-14,19-22H,3,5,8,15-18H2,1-2H3/t22-/m1/s1. The van der Waals surface area contributed by atoms with Crippen LogP contribution in [0.4, 0.5) is 4.39 Å². The minimum Gasteiger partial charge on any atom is -0.378 e. The molecule has 0 aliphatic carbocycles. The molecule has 1 aliphatic heterocycles. The molecule has 196 valence electrons. The highest BCUT2D eigenvalue weighted by Crippen LogP contribution is 2.30. The van der Waals surface area contributed by atoms with Crippen molar-refractivity contribution >= 4 is 22.6 Å². The summed E-state index contributed by atoms with van der Waals surface area (Å²) in [4.78, 5) is 27.8. The van der Waals surface area contributed by atoms with Crippen LogP contribution in [0, 0.1) is 5.82 Å². The molecule has 38 heavy (non-hydrogen) atoms. The number of hydrogen-bond donors (Lipinski definition) is 0. The van der Waals surface area contributed by atoms with Crippen molar-refractivity contribution in [2.75, 3.05) is 26.3 Å². The number of Topliss-reactive ketones (excluding diaryl/α,β-unsaturated/α-hetero) is 1. The highest BCUT2D eigenvalue weighted by atomic mass is 19.1. The molecule has 0 saturated carbocycles. The quantitative estimate of drug-likeness (QED) is 0.250. The van der Waals surface area contributed by atoms with Crippen molar-refractivity contribution in [2.24, 2.45) is 7.05 Å². The van der Waals surface area contributed by atoms with E-state index in [9.17, 15) is 14.0 Å². The van der Waals surface area contributed by atoms with Gasteiger partial charge in [0.2, 0.25) is 0 Å². The van der Waals surface area contributed by atoms with Gasteiger partial charge in [0.15, 0.2) is 5.78 Å². The number of hydrogen-bond acceptors (Lipinski definition) is 3. The van der Waals surface area contributed by atoms with Gasteiger partial charge in [0.1, 0.15) is 5.82 Å². The predicted molar refractivity (Wildman–Crippen MR) is 148 cm³/mol. The fourth-order valence-corrected chi connectivity index (χ4v) is 5.23. The third-order valence-electron chi connectivity index (χ3n) is 7.51. The first-order valence-corrected chi connectivity index (χ1v) is 13.3. The number of aromatic nitrogens is 1. The first-order valence-electron chi connectivity index (χ1n) is 13.3. The number of morpholine rings is 1. The molecule has 6 heteroatoms. The van der Waals surface area contributed by atoms with Gasteiger partial charge in [0.25, 0.3) is 5.91 Å². The van der Waals surface area contributed by atoms with Gasteiger partial charge in [-0.2, -0.15) is 0 Å². The van der Waals surface area contributed by atoms with Gasteiger partial charge in [-0.25, -0.2) is 4.39 Å². The van der Waals surface area contributed by atoms with Crippen molar-refractivity contribution in [1.29, 1.82) is 0 Å². The van der Waals surface area contributed by atoms with Crippen LogP contribution < -0.4 is 0 Å². The van der Waals surface area contributed by atoms with E-state index in [-0.39, 0.29) is 23.4 Å². The zero-order chi connectivity index (χ0) is 26.6. The first kappa shape index (κ1) is 25.9. The maximum Gasteiger partial charge on any atom is 0.254 e. The second kappa shape index (κ2) is 11.3. The SMILES string of the molecule is C[C@H](CCCC(=O)c1cn(C)c2ccc(-c3ccc(C(=O)N4CCOCC4)cc3)cc12)c1cccc(F)c1. The van der Waals surface area contributed by atoms with Crippen LogP contribution in [0.1, 0.15) is 58.4 Å². The smallest absolute Gasteiger partial charge is 0.254 e. The molecule has 1 aliphatic rings. The molecule has 1 amide bonds. The Morgan fingerprint density at radius 2 is 1.71 bits per heavy atom. The van der Waals surface area contributed by atoms with Crippen LogP contribution in [0.15, 0.2) is 72.9 Å². The number of amides is 1. The molecule has 5 nitrogen and oxygen atoms in total. The fourth-order valence-electron chi connectivity index (χ4n) is 5.23. The van der Waals surface area contributed by atoms with Crippen LogP contribution >= 0.6 is 0 Å². The zero-order valence-electron chi connectivity index (χ0n) is 22.0. The summed E-state index contributed by atoms with van der Waals surface area (Å²) in [6.45, 7) is 4.46. The molecule has 0 radical (unpaired) electrons. The van der Waals surface area contributed by atoms with Crippen LogP contribution in [-0.4, -0.2) is 47.5 Å². The maximum absolute atomic E-state index is 13.6. The molecule has 0 bridgehead atoms. The number of ether oxygens (including phenoxy) is 1. The highest BCUT2D eigenvalue weighted by molar-refractivity contribution is 6.09. The number of fused-ring (bicyclic) bond motifs is 1. The second-order valence-corrected chi connectivity index (χ2v) is 10.1. The molecule has 3 aromatic carbocycles. The topological polar surface area (TPSA) is 51.5 Å². The molecule has 1 fully saturated rings. The van der Waals surface area contributed by atoms with E-state index in [0.29, 0.717) is 38.3 Å². The van der Waals surface area contributed by atoms with Crippen LogP contribution in [-0.2, 0) is 11.8 Å². The third kappa shape index (κ3) is 5.55. The molecule has 1 aromatic heterocycles. The number of ketones is 1. The Morgan fingerprint density at radius 1 is 0.974 bits per heavy atom. The van der Waals surface area contributed by atoms with Crippen LogP contribution in [0.25, 0.3) is 22.0 Å². The first-order chi connectivity index (χ1) is 18.4. The number of rotatable bonds is 8. The summed E-state index contributed by atoms with van der Waals surface area (Å²) in [6.07, 6.45) is 3.92. The molecule has 5 rings (SSSR count). The minimum absolute atomic E-state index is 0.0259. The van der Waals surface area contributed by atoms with E-state index >= 15 is 0 Å². The third-order valence-corrected chi connectivity index (χ3v) is 7.51. The lowest BCUT2D eigenvalue weighted by Crippen LogP contribution is -2.40. The van der Waals surface area contributed by atoms with E-state index in [1.54, 1.807) is 12.1 Å². The van der Waals surface area contributed by atoms with Gasteiger partial charge in [-0.3, -0.25) is 9.59 Å². The Balaban J connectivity index is 1.29. The van der Waals surface area contributed by atoms with E-state index in [1.165, 1.54) is 6.07 Å². The lowest BCUT2D eigenvalue weighted by molar-refractivity contribution is 0.0303. The normalized spacial score (nSPS) is 14.6. The highest BCUT2D eigenvalue weighted by Gasteiger charge is 2.19. The monoisotopic (exact) mass is 512 g/mol. The van der Waals surface area contributed by atoms with Crippen LogP contribution in [0.5, 0.6) is 0 Å². The predicted octanol–water partition coefficient (Wildman–Crippen LogP) is 6.61. The molecule has 1 atom stereocenters. The van der Waals surface area contributed by atoms with E-state index in [1.807, 2.05) is 59.1 Å². The van der Waals surface area contributed by atoms with E-state index < -0.39 is 0 Å². The number of halogens is 1. The number of carbonyl (C=O) groups is 2. The average molecular weight is 513 g/mol. The molecular formula is C32H33FN2O3. The van der Waals surface area contributed by atoms with E-state index in [2.05, 4.69) is 19.1 Å². The van der Waals surface area contributed by atoms with Gasteiger partial charge < -0.3 is 14.2 Å². The number of carbonyl (C=O) groups excluding carboxylic acids is 2. The summed E-state index contributed by atoms with van der Waals surface area (Å²) in [5, 5.41) is 0.932. The van der Waals surface area contributed by atoms with Crippen molar-refractivity contribution in [2.45, 2.75) is 32.1 Å². The largest absolute Gasteiger partial charge is 0.378 e. The molecule has 2 heterocycles. The summed E-state index contributed by atoms with van der Waals surface area (Å²) < 4.78 is 20.9.